The highest BCUT2D eigenvalue weighted by atomic mass is 35.5. The molecule has 21 heavy (non-hydrogen) atoms. The molecule has 0 spiro atoms. The Morgan fingerprint density at radius 2 is 1.90 bits per heavy atom. The monoisotopic (exact) mass is 326 g/mol. The molecule has 0 saturated carbocycles. The Labute approximate surface area is 128 Å². The third-order valence-corrected chi connectivity index (χ3v) is 4.55. The second kappa shape index (κ2) is 5.83. The van der Waals surface area contributed by atoms with Crippen LogP contribution in [0.1, 0.15) is 5.56 Å². The number of aryl methyl sites for hydroxylation is 1. The zero-order valence-electron chi connectivity index (χ0n) is 11.6. The molecule has 0 bridgehead atoms. The van der Waals surface area contributed by atoms with Gasteiger partial charge in [-0.3, -0.25) is 4.72 Å². The summed E-state index contributed by atoms with van der Waals surface area (Å²) in [6, 6.07) is 9.21. The van der Waals surface area contributed by atoms with Crippen molar-refractivity contribution in [1.29, 1.82) is 0 Å². The average molecular weight is 327 g/mol. The summed E-state index contributed by atoms with van der Waals surface area (Å²) >= 11 is 5.85. The van der Waals surface area contributed by atoms with E-state index in [1.165, 1.54) is 25.3 Å². The van der Waals surface area contributed by atoms with Crippen molar-refractivity contribution in [3.8, 4) is 5.75 Å². The van der Waals surface area contributed by atoms with E-state index in [-0.39, 0.29) is 4.90 Å². The summed E-state index contributed by atoms with van der Waals surface area (Å²) < 4.78 is 32.3. The van der Waals surface area contributed by atoms with Crippen molar-refractivity contribution >= 4 is 33.0 Å². The molecule has 0 atom stereocenters. The molecule has 2 rings (SSSR count). The van der Waals surface area contributed by atoms with Gasteiger partial charge in [-0.25, -0.2) is 8.42 Å². The topological polar surface area (TPSA) is 81.4 Å². The summed E-state index contributed by atoms with van der Waals surface area (Å²) in [5.41, 5.74) is 7.25. The Bertz CT molecular complexity index is 776. The molecule has 0 saturated heterocycles. The van der Waals surface area contributed by atoms with Gasteiger partial charge >= 0.3 is 0 Å². The highest BCUT2D eigenvalue weighted by molar-refractivity contribution is 7.92. The van der Waals surface area contributed by atoms with Gasteiger partial charge in [0.05, 0.1) is 23.4 Å². The third kappa shape index (κ3) is 3.40. The fourth-order valence-electron chi connectivity index (χ4n) is 1.80. The van der Waals surface area contributed by atoms with Gasteiger partial charge in [-0.15, -0.1) is 0 Å². The lowest BCUT2D eigenvalue weighted by molar-refractivity contribution is 0.415. The Kier molecular flexibility index (Phi) is 4.29. The molecule has 7 heteroatoms. The summed E-state index contributed by atoms with van der Waals surface area (Å²) in [4.78, 5) is 0.0721. The van der Waals surface area contributed by atoms with E-state index in [0.717, 1.165) is 5.56 Å². The molecular weight excluding hydrogens is 312 g/mol. The second-order valence-corrected chi connectivity index (χ2v) is 6.59. The Hall–Kier alpha value is -1.92. The van der Waals surface area contributed by atoms with Crippen LogP contribution in [-0.4, -0.2) is 15.5 Å². The van der Waals surface area contributed by atoms with Gasteiger partial charge in [-0.05, 0) is 42.8 Å². The molecule has 0 aliphatic carbocycles. The van der Waals surface area contributed by atoms with Gasteiger partial charge in [-0.1, -0.05) is 11.6 Å². The van der Waals surface area contributed by atoms with Gasteiger partial charge in [0.25, 0.3) is 10.0 Å². The van der Waals surface area contributed by atoms with Crippen LogP contribution >= 0.6 is 11.6 Å². The van der Waals surface area contributed by atoms with Crippen LogP contribution in [-0.2, 0) is 10.0 Å². The first-order chi connectivity index (χ1) is 9.83. The number of nitrogens with two attached hydrogens (primary N) is 1. The number of hydrogen-bond donors (Lipinski definition) is 2. The number of nitrogen functional groups attached to an aromatic ring is 1. The molecule has 2 aromatic rings. The minimum Gasteiger partial charge on any atom is -0.495 e. The summed E-state index contributed by atoms with van der Waals surface area (Å²) in [7, 11) is -2.30. The largest absolute Gasteiger partial charge is 0.495 e. The highest BCUT2D eigenvalue weighted by Gasteiger charge is 2.17. The molecule has 5 nitrogen and oxygen atoms in total. The summed E-state index contributed by atoms with van der Waals surface area (Å²) in [6.07, 6.45) is 0. The van der Waals surface area contributed by atoms with Gasteiger partial charge in [0.1, 0.15) is 5.75 Å². The van der Waals surface area contributed by atoms with E-state index in [0.29, 0.717) is 22.1 Å². The standard InChI is InChI=1S/C14H15ClN2O3S/c1-9-7-10(15)3-6-13(9)17-21(18,19)11-4-5-12(16)14(8-11)20-2/h3-8,17H,16H2,1-2H3. The zero-order valence-corrected chi connectivity index (χ0v) is 13.1. The maximum atomic E-state index is 12.4. The number of hydrogen-bond acceptors (Lipinski definition) is 4. The first-order valence-electron chi connectivity index (χ1n) is 6.06. The maximum absolute atomic E-state index is 12.4. The fourth-order valence-corrected chi connectivity index (χ4v) is 3.18. The number of rotatable bonds is 4. The Balaban J connectivity index is 2.38. The lowest BCUT2D eigenvalue weighted by Gasteiger charge is -2.12. The van der Waals surface area contributed by atoms with E-state index >= 15 is 0 Å². The molecule has 0 heterocycles. The SMILES string of the molecule is COc1cc(S(=O)(=O)Nc2ccc(Cl)cc2C)ccc1N. The molecule has 3 N–H and O–H groups in total. The Morgan fingerprint density at radius 1 is 1.19 bits per heavy atom. The molecule has 0 aliphatic heterocycles. The maximum Gasteiger partial charge on any atom is 0.262 e. The molecule has 0 unspecified atom stereocenters. The molecule has 0 amide bonds. The van der Waals surface area contributed by atoms with Crippen LogP contribution < -0.4 is 15.2 Å². The molecule has 0 aliphatic rings. The number of ether oxygens (including phenoxy) is 1. The van der Waals surface area contributed by atoms with Crippen LogP contribution in [0.5, 0.6) is 5.75 Å². The van der Waals surface area contributed by atoms with Crippen LogP contribution in [0, 0.1) is 6.92 Å². The van der Waals surface area contributed by atoms with Crippen molar-refractivity contribution in [1.82, 2.24) is 0 Å². The summed E-state index contributed by atoms with van der Waals surface area (Å²) in [6.45, 7) is 1.77. The van der Waals surface area contributed by atoms with Crippen molar-refractivity contribution < 1.29 is 13.2 Å². The van der Waals surface area contributed by atoms with Crippen molar-refractivity contribution in [3.05, 3.63) is 47.0 Å². The quantitative estimate of drug-likeness (QED) is 0.846. The number of nitrogens with one attached hydrogen (secondary N) is 1. The van der Waals surface area contributed by atoms with Crippen molar-refractivity contribution in [2.75, 3.05) is 17.6 Å². The van der Waals surface area contributed by atoms with Gasteiger partial charge in [0.2, 0.25) is 0 Å². The van der Waals surface area contributed by atoms with Crippen LogP contribution in [0.3, 0.4) is 0 Å². The molecule has 0 fully saturated rings. The van der Waals surface area contributed by atoms with E-state index in [2.05, 4.69) is 4.72 Å². The molecule has 112 valence electrons. The molecule has 0 radical (unpaired) electrons. The first-order valence-corrected chi connectivity index (χ1v) is 7.92. The molecular formula is C14H15ClN2O3S. The van der Waals surface area contributed by atoms with E-state index in [1.54, 1.807) is 25.1 Å². The normalized spacial score (nSPS) is 11.2. The van der Waals surface area contributed by atoms with Gasteiger partial charge in [0, 0.05) is 11.1 Å². The van der Waals surface area contributed by atoms with Crippen LogP contribution in [0.25, 0.3) is 0 Å². The lowest BCUT2D eigenvalue weighted by atomic mass is 10.2. The number of benzene rings is 2. The smallest absolute Gasteiger partial charge is 0.262 e. The Morgan fingerprint density at radius 3 is 2.52 bits per heavy atom. The third-order valence-electron chi connectivity index (χ3n) is 2.95. The number of halogens is 1. The summed E-state index contributed by atoms with van der Waals surface area (Å²) in [5, 5.41) is 0.546. The van der Waals surface area contributed by atoms with E-state index in [1.807, 2.05) is 0 Å². The lowest BCUT2D eigenvalue weighted by Crippen LogP contribution is -2.14. The van der Waals surface area contributed by atoms with Crippen LogP contribution in [0.2, 0.25) is 5.02 Å². The first kappa shape index (κ1) is 15.5. The fraction of sp³-hybridized carbons (Fsp3) is 0.143. The number of sulfonamides is 1. The van der Waals surface area contributed by atoms with Crippen molar-refractivity contribution in [2.45, 2.75) is 11.8 Å². The average Bonchev–Trinajstić information content (AvgIpc) is 2.42. The van der Waals surface area contributed by atoms with Crippen molar-refractivity contribution in [2.24, 2.45) is 0 Å². The van der Waals surface area contributed by atoms with E-state index < -0.39 is 10.0 Å². The highest BCUT2D eigenvalue weighted by Crippen LogP contribution is 2.27. The van der Waals surface area contributed by atoms with Gasteiger partial charge < -0.3 is 10.5 Å². The molecule has 2 aromatic carbocycles. The zero-order chi connectivity index (χ0) is 15.6. The van der Waals surface area contributed by atoms with Crippen molar-refractivity contribution in [3.63, 3.8) is 0 Å². The minimum absolute atomic E-state index is 0.0721. The van der Waals surface area contributed by atoms with Gasteiger partial charge in [0.15, 0.2) is 0 Å². The second-order valence-electron chi connectivity index (χ2n) is 4.47. The van der Waals surface area contributed by atoms with Crippen LogP contribution in [0.4, 0.5) is 11.4 Å². The van der Waals surface area contributed by atoms with Gasteiger partial charge in [-0.2, -0.15) is 0 Å². The van der Waals surface area contributed by atoms with E-state index in [9.17, 15) is 8.42 Å². The predicted octanol–water partition coefficient (Wildman–Crippen LogP) is 3.04. The van der Waals surface area contributed by atoms with Crippen LogP contribution in [0.15, 0.2) is 41.3 Å². The number of methoxy groups -OCH3 is 1. The van der Waals surface area contributed by atoms with E-state index in [4.69, 9.17) is 22.1 Å². The molecule has 0 aromatic heterocycles. The minimum atomic E-state index is -3.73. The predicted molar refractivity (Wildman–Crippen MR) is 84.4 cm³/mol. The summed E-state index contributed by atoms with van der Waals surface area (Å²) in [5.74, 6) is 0.311. The number of anilines is 2.